The minimum Gasteiger partial charge on any atom is -0.497 e. The number of nitrogens with one attached hydrogen (secondary N) is 1. The highest BCUT2D eigenvalue weighted by Crippen LogP contribution is 2.27. The van der Waals surface area contributed by atoms with Crippen LogP contribution in [-0.4, -0.2) is 58.0 Å². The van der Waals surface area contributed by atoms with Crippen LogP contribution in [0.3, 0.4) is 0 Å². The summed E-state index contributed by atoms with van der Waals surface area (Å²) in [5, 5.41) is 3.12. The first-order valence-electron chi connectivity index (χ1n) is 14.6. The third kappa shape index (κ3) is 8.07. The van der Waals surface area contributed by atoms with Crippen LogP contribution in [0.4, 0.5) is 5.69 Å². The summed E-state index contributed by atoms with van der Waals surface area (Å²) in [6, 6.07) is 19.5. The zero-order valence-corrected chi connectivity index (χ0v) is 26.1. The molecule has 230 valence electrons. The van der Waals surface area contributed by atoms with Gasteiger partial charge in [0.1, 0.15) is 24.1 Å². The third-order valence-corrected chi connectivity index (χ3v) is 9.67. The van der Waals surface area contributed by atoms with Crippen LogP contribution in [0.5, 0.6) is 11.5 Å². The van der Waals surface area contributed by atoms with Gasteiger partial charge in [0.05, 0.1) is 24.8 Å². The number of methoxy groups -OCH3 is 2. The van der Waals surface area contributed by atoms with Gasteiger partial charge in [0.15, 0.2) is 0 Å². The molecule has 1 fully saturated rings. The van der Waals surface area contributed by atoms with Gasteiger partial charge in [-0.05, 0) is 80.8 Å². The highest BCUT2D eigenvalue weighted by Gasteiger charge is 2.33. The SMILES string of the molecule is COc1ccc(CN(C(=O)CN(c2ccc(C)cc2)S(=O)(=O)c2ccc(OC)cc2)[C@@H](C)C(=O)NC2CCCCC2)cc1. The highest BCUT2D eigenvalue weighted by atomic mass is 32.2. The average molecular weight is 608 g/mol. The van der Waals surface area contributed by atoms with Crippen molar-refractivity contribution in [1.82, 2.24) is 10.2 Å². The number of benzene rings is 3. The number of aryl methyl sites for hydroxylation is 1. The molecule has 1 saturated carbocycles. The number of rotatable bonds is 12. The van der Waals surface area contributed by atoms with Crippen molar-refractivity contribution < 1.29 is 27.5 Å². The molecule has 0 spiro atoms. The summed E-state index contributed by atoms with van der Waals surface area (Å²) in [5.41, 5.74) is 2.08. The second kappa shape index (κ2) is 14.4. The Morgan fingerprint density at radius 3 is 1.98 bits per heavy atom. The second-order valence-corrected chi connectivity index (χ2v) is 12.8. The van der Waals surface area contributed by atoms with Gasteiger partial charge in [0.2, 0.25) is 11.8 Å². The van der Waals surface area contributed by atoms with Crippen LogP contribution in [0.15, 0.2) is 77.7 Å². The summed E-state index contributed by atoms with van der Waals surface area (Å²) >= 11 is 0. The van der Waals surface area contributed by atoms with Crippen LogP contribution in [0, 0.1) is 6.92 Å². The third-order valence-electron chi connectivity index (χ3n) is 7.88. The first-order valence-corrected chi connectivity index (χ1v) is 16.0. The number of sulfonamides is 1. The molecule has 0 heterocycles. The zero-order valence-electron chi connectivity index (χ0n) is 25.3. The van der Waals surface area contributed by atoms with Gasteiger partial charge in [-0.2, -0.15) is 0 Å². The molecule has 1 atom stereocenters. The lowest BCUT2D eigenvalue weighted by atomic mass is 9.95. The van der Waals surface area contributed by atoms with E-state index in [0.717, 1.165) is 47.5 Å². The van der Waals surface area contributed by atoms with Gasteiger partial charge in [0, 0.05) is 12.6 Å². The Kier molecular flexibility index (Phi) is 10.7. The predicted molar refractivity (Wildman–Crippen MR) is 167 cm³/mol. The average Bonchev–Trinajstić information content (AvgIpc) is 3.03. The Morgan fingerprint density at radius 1 is 0.860 bits per heavy atom. The van der Waals surface area contributed by atoms with E-state index in [-0.39, 0.29) is 23.4 Å². The van der Waals surface area contributed by atoms with E-state index in [1.807, 2.05) is 19.1 Å². The first kappa shape index (κ1) is 31.9. The normalized spacial score (nSPS) is 14.4. The monoisotopic (exact) mass is 607 g/mol. The Balaban J connectivity index is 1.67. The maximum Gasteiger partial charge on any atom is 0.264 e. The van der Waals surface area contributed by atoms with E-state index in [2.05, 4.69) is 5.32 Å². The summed E-state index contributed by atoms with van der Waals surface area (Å²) < 4.78 is 39.5. The van der Waals surface area contributed by atoms with Crippen LogP contribution < -0.4 is 19.1 Å². The van der Waals surface area contributed by atoms with Gasteiger partial charge < -0.3 is 19.7 Å². The van der Waals surface area contributed by atoms with E-state index in [4.69, 9.17) is 9.47 Å². The van der Waals surface area contributed by atoms with Crippen molar-refractivity contribution in [3.8, 4) is 11.5 Å². The smallest absolute Gasteiger partial charge is 0.264 e. The van der Waals surface area contributed by atoms with Crippen LogP contribution in [0.25, 0.3) is 0 Å². The molecule has 9 nitrogen and oxygen atoms in total. The van der Waals surface area contributed by atoms with Crippen molar-refractivity contribution >= 4 is 27.5 Å². The topological polar surface area (TPSA) is 105 Å². The number of carbonyl (C=O) groups is 2. The van der Waals surface area contributed by atoms with Crippen molar-refractivity contribution in [2.45, 2.75) is 69.5 Å². The quantitative estimate of drug-likeness (QED) is 0.308. The summed E-state index contributed by atoms with van der Waals surface area (Å²) in [7, 11) is -1.08. The summed E-state index contributed by atoms with van der Waals surface area (Å²) in [6.07, 6.45) is 5.09. The van der Waals surface area contributed by atoms with Crippen LogP contribution >= 0.6 is 0 Å². The first-order chi connectivity index (χ1) is 20.6. The van der Waals surface area contributed by atoms with Gasteiger partial charge in [-0.15, -0.1) is 0 Å². The Morgan fingerprint density at radius 2 is 1.42 bits per heavy atom. The molecule has 43 heavy (non-hydrogen) atoms. The van der Waals surface area contributed by atoms with E-state index < -0.39 is 28.5 Å². The number of carbonyl (C=O) groups excluding carboxylic acids is 2. The molecule has 0 radical (unpaired) electrons. The number of anilines is 1. The zero-order chi connectivity index (χ0) is 31.0. The largest absolute Gasteiger partial charge is 0.497 e. The molecular formula is C33H41N3O6S. The fourth-order valence-electron chi connectivity index (χ4n) is 5.19. The molecule has 3 aromatic rings. The molecule has 1 N–H and O–H groups in total. The van der Waals surface area contributed by atoms with E-state index >= 15 is 0 Å². The fraction of sp³-hybridized carbons (Fsp3) is 0.394. The van der Waals surface area contributed by atoms with Crippen molar-refractivity contribution in [3.05, 3.63) is 83.9 Å². The Labute approximate surface area is 254 Å². The van der Waals surface area contributed by atoms with E-state index in [1.165, 1.54) is 24.1 Å². The summed E-state index contributed by atoms with van der Waals surface area (Å²) in [4.78, 5) is 29.1. The summed E-state index contributed by atoms with van der Waals surface area (Å²) in [6.45, 7) is 3.22. The maximum atomic E-state index is 14.1. The van der Waals surface area contributed by atoms with Crippen LogP contribution in [0.2, 0.25) is 0 Å². The molecule has 4 rings (SSSR count). The minimum absolute atomic E-state index is 0.0199. The summed E-state index contributed by atoms with van der Waals surface area (Å²) in [5.74, 6) is 0.426. The molecule has 1 aliphatic carbocycles. The van der Waals surface area contributed by atoms with Gasteiger partial charge >= 0.3 is 0 Å². The lowest BCUT2D eigenvalue weighted by Crippen LogP contribution is -2.53. The fourth-order valence-corrected chi connectivity index (χ4v) is 6.61. The molecule has 0 aromatic heterocycles. The molecule has 0 aliphatic heterocycles. The molecule has 0 unspecified atom stereocenters. The Hall–Kier alpha value is -4.05. The van der Waals surface area contributed by atoms with Gasteiger partial charge in [-0.25, -0.2) is 8.42 Å². The van der Waals surface area contributed by atoms with Crippen molar-refractivity contribution in [2.24, 2.45) is 0 Å². The molecule has 10 heteroatoms. The second-order valence-electron chi connectivity index (χ2n) is 10.9. The molecule has 0 saturated heterocycles. The number of amides is 2. The maximum absolute atomic E-state index is 14.1. The van der Waals surface area contributed by atoms with Crippen LogP contribution in [-0.2, 0) is 26.2 Å². The van der Waals surface area contributed by atoms with Gasteiger partial charge in [0.25, 0.3) is 10.0 Å². The lowest BCUT2D eigenvalue weighted by Gasteiger charge is -2.33. The number of ether oxygens (including phenoxy) is 2. The number of hydrogen-bond donors (Lipinski definition) is 1. The minimum atomic E-state index is -4.16. The van der Waals surface area contributed by atoms with Crippen molar-refractivity contribution in [2.75, 3.05) is 25.1 Å². The van der Waals surface area contributed by atoms with Gasteiger partial charge in [-0.3, -0.25) is 13.9 Å². The molecule has 1 aliphatic rings. The standard InChI is InChI=1S/C33H41N3O6S/c1-24-10-14-28(15-11-24)36(43(39,40)31-20-18-30(42-4)19-21-31)23-32(37)35(22-26-12-16-29(41-3)17-13-26)25(2)33(38)34-27-8-6-5-7-9-27/h10-21,25,27H,5-9,22-23H2,1-4H3,(H,34,38)/t25-/m0/s1. The predicted octanol–water partition coefficient (Wildman–Crippen LogP) is 5.07. The lowest BCUT2D eigenvalue weighted by molar-refractivity contribution is -0.139. The van der Waals surface area contributed by atoms with Crippen molar-refractivity contribution in [1.29, 1.82) is 0 Å². The van der Waals surface area contributed by atoms with Crippen molar-refractivity contribution in [3.63, 3.8) is 0 Å². The van der Waals surface area contributed by atoms with Gasteiger partial charge in [-0.1, -0.05) is 49.1 Å². The molecule has 2 amide bonds. The Bertz CT molecular complexity index is 1470. The van der Waals surface area contributed by atoms with E-state index in [0.29, 0.717) is 17.2 Å². The number of nitrogens with zero attached hydrogens (tertiary/aromatic N) is 2. The molecule has 0 bridgehead atoms. The van der Waals surface area contributed by atoms with E-state index in [9.17, 15) is 18.0 Å². The van der Waals surface area contributed by atoms with E-state index in [1.54, 1.807) is 62.6 Å². The number of hydrogen-bond acceptors (Lipinski definition) is 6. The molecular weight excluding hydrogens is 566 g/mol. The molecule has 3 aromatic carbocycles. The van der Waals surface area contributed by atoms with Crippen LogP contribution in [0.1, 0.15) is 50.2 Å². The highest BCUT2D eigenvalue weighted by molar-refractivity contribution is 7.92.